The van der Waals surface area contributed by atoms with Crippen LogP contribution in [-0.2, 0) is 13.0 Å². The lowest BCUT2D eigenvalue weighted by Crippen LogP contribution is -2.09. The first kappa shape index (κ1) is 14.5. The van der Waals surface area contributed by atoms with E-state index in [4.69, 9.17) is 17.3 Å². The highest BCUT2D eigenvalue weighted by atomic mass is 35.5. The van der Waals surface area contributed by atoms with Gasteiger partial charge in [-0.15, -0.1) is 0 Å². The Morgan fingerprint density at radius 3 is 2.75 bits per heavy atom. The molecule has 1 aromatic heterocycles. The largest absolute Gasteiger partial charge is 0.393 e. The summed E-state index contributed by atoms with van der Waals surface area (Å²) < 4.78 is 13.5. The Morgan fingerprint density at radius 2 is 2.05 bits per heavy atom. The number of nitrogens with two attached hydrogens (primary N) is 1. The standard InChI is InChI=1S/C14H16ClFN4/c1-2-5-11-19-13(15)12(17)14(20-11)18-8-9-6-3-4-7-10(9)16/h3-4,6-7H,2,5,8,17H2,1H3,(H,18,19,20). The van der Waals surface area contributed by atoms with E-state index in [1.807, 2.05) is 6.92 Å². The van der Waals surface area contributed by atoms with Gasteiger partial charge in [0.2, 0.25) is 0 Å². The number of hydrogen-bond donors (Lipinski definition) is 2. The number of nitrogen functional groups attached to an aromatic ring is 1. The molecule has 4 nitrogen and oxygen atoms in total. The Bertz CT molecular complexity index is 604. The number of rotatable bonds is 5. The van der Waals surface area contributed by atoms with Gasteiger partial charge < -0.3 is 11.1 Å². The number of hydrogen-bond acceptors (Lipinski definition) is 4. The molecule has 1 aromatic carbocycles. The highest BCUT2D eigenvalue weighted by Gasteiger charge is 2.10. The molecule has 0 spiro atoms. The zero-order valence-corrected chi connectivity index (χ0v) is 11.9. The molecule has 0 aliphatic heterocycles. The summed E-state index contributed by atoms with van der Waals surface area (Å²) in [7, 11) is 0. The van der Waals surface area contributed by atoms with Gasteiger partial charge in [0.05, 0.1) is 0 Å². The lowest BCUT2D eigenvalue weighted by atomic mass is 10.2. The molecular weight excluding hydrogens is 279 g/mol. The number of nitrogens with one attached hydrogen (secondary N) is 1. The van der Waals surface area contributed by atoms with Crippen LogP contribution in [0.1, 0.15) is 24.7 Å². The molecule has 20 heavy (non-hydrogen) atoms. The van der Waals surface area contributed by atoms with Gasteiger partial charge in [-0.3, -0.25) is 0 Å². The minimum atomic E-state index is -0.271. The fraction of sp³-hybridized carbons (Fsp3) is 0.286. The van der Waals surface area contributed by atoms with Gasteiger partial charge in [0.1, 0.15) is 17.3 Å². The molecule has 0 unspecified atom stereocenters. The van der Waals surface area contributed by atoms with Crippen LogP contribution >= 0.6 is 11.6 Å². The third-order valence-corrected chi connectivity index (χ3v) is 3.11. The summed E-state index contributed by atoms with van der Waals surface area (Å²) in [6.07, 6.45) is 1.63. The fourth-order valence-corrected chi connectivity index (χ4v) is 1.96. The molecule has 0 fully saturated rings. The van der Waals surface area contributed by atoms with Crippen LogP contribution in [0.2, 0.25) is 5.15 Å². The first-order valence-electron chi connectivity index (χ1n) is 6.41. The van der Waals surface area contributed by atoms with Crippen molar-refractivity contribution in [3.8, 4) is 0 Å². The van der Waals surface area contributed by atoms with E-state index in [1.165, 1.54) is 6.07 Å². The van der Waals surface area contributed by atoms with Crippen molar-refractivity contribution < 1.29 is 4.39 Å². The van der Waals surface area contributed by atoms with Crippen molar-refractivity contribution in [3.63, 3.8) is 0 Å². The normalized spacial score (nSPS) is 10.6. The van der Waals surface area contributed by atoms with E-state index in [-0.39, 0.29) is 23.2 Å². The van der Waals surface area contributed by atoms with Crippen LogP contribution in [0.5, 0.6) is 0 Å². The molecule has 0 saturated carbocycles. The molecule has 0 aliphatic rings. The quantitative estimate of drug-likeness (QED) is 0.830. The van der Waals surface area contributed by atoms with Gasteiger partial charge in [0.25, 0.3) is 0 Å². The highest BCUT2D eigenvalue weighted by Crippen LogP contribution is 2.24. The van der Waals surface area contributed by atoms with Crippen LogP contribution in [0.3, 0.4) is 0 Å². The summed E-state index contributed by atoms with van der Waals surface area (Å²) in [5.74, 6) is 0.798. The van der Waals surface area contributed by atoms with E-state index in [0.29, 0.717) is 23.6 Å². The van der Waals surface area contributed by atoms with Crippen LogP contribution in [-0.4, -0.2) is 9.97 Å². The fourth-order valence-electron chi connectivity index (χ4n) is 1.78. The summed E-state index contributed by atoms with van der Waals surface area (Å²) in [5, 5.41) is 3.23. The van der Waals surface area contributed by atoms with Crippen molar-refractivity contribution in [1.82, 2.24) is 9.97 Å². The monoisotopic (exact) mass is 294 g/mol. The molecule has 2 rings (SSSR count). The Kier molecular flexibility index (Phi) is 4.74. The lowest BCUT2D eigenvalue weighted by Gasteiger charge is -2.11. The molecule has 1 heterocycles. The minimum Gasteiger partial charge on any atom is -0.393 e. The maximum Gasteiger partial charge on any atom is 0.157 e. The minimum absolute atomic E-state index is 0.222. The number of anilines is 2. The second-order valence-electron chi connectivity index (χ2n) is 4.39. The van der Waals surface area contributed by atoms with E-state index in [2.05, 4.69) is 15.3 Å². The predicted octanol–water partition coefficient (Wildman–Crippen LogP) is 3.42. The highest BCUT2D eigenvalue weighted by molar-refractivity contribution is 6.32. The van der Waals surface area contributed by atoms with Crippen molar-refractivity contribution in [1.29, 1.82) is 0 Å². The van der Waals surface area contributed by atoms with Gasteiger partial charge in [-0.05, 0) is 12.5 Å². The molecule has 6 heteroatoms. The van der Waals surface area contributed by atoms with Crippen molar-refractivity contribution in [2.24, 2.45) is 0 Å². The predicted molar refractivity (Wildman–Crippen MR) is 79.2 cm³/mol. The van der Waals surface area contributed by atoms with E-state index >= 15 is 0 Å². The van der Waals surface area contributed by atoms with E-state index < -0.39 is 0 Å². The summed E-state index contributed by atoms with van der Waals surface area (Å²) in [5.41, 5.74) is 6.66. The number of nitrogens with zero attached hydrogens (tertiary/aromatic N) is 2. The first-order valence-corrected chi connectivity index (χ1v) is 6.78. The van der Waals surface area contributed by atoms with Crippen LogP contribution in [0.4, 0.5) is 15.9 Å². The lowest BCUT2D eigenvalue weighted by molar-refractivity contribution is 0.613. The number of aromatic nitrogens is 2. The molecule has 0 aliphatic carbocycles. The third kappa shape index (κ3) is 3.36. The van der Waals surface area contributed by atoms with Crippen LogP contribution in [0, 0.1) is 5.82 Å². The summed E-state index contributed by atoms with van der Waals surface area (Å²) >= 11 is 5.98. The van der Waals surface area contributed by atoms with Crippen molar-refractivity contribution in [3.05, 3.63) is 46.6 Å². The molecule has 3 N–H and O–H groups in total. The van der Waals surface area contributed by atoms with E-state index in [9.17, 15) is 4.39 Å². The number of halogens is 2. The molecule has 0 amide bonds. The third-order valence-electron chi connectivity index (χ3n) is 2.82. The molecule has 2 aromatic rings. The Morgan fingerprint density at radius 1 is 1.30 bits per heavy atom. The van der Waals surface area contributed by atoms with Gasteiger partial charge in [-0.1, -0.05) is 36.7 Å². The first-order chi connectivity index (χ1) is 9.61. The molecule has 0 radical (unpaired) electrons. The van der Waals surface area contributed by atoms with E-state index in [0.717, 1.165) is 6.42 Å². The molecule has 0 atom stereocenters. The van der Waals surface area contributed by atoms with Gasteiger partial charge in [-0.25, -0.2) is 14.4 Å². The summed E-state index contributed by atoms with van der Waals surface area (Å²) in [6, 6.07) is 6.54. The molecule has 0 bridgehead atoms. The smallest absolute Gasteiger partial charge is 0.157 e. The Balaban J connectivity index is 2.18. The molecule has 0 saturated heterocycles. The second kappa shape index (κ2) is 6.52. The van der Waals surface area contributed by atoms with Gasteiger partial charge in [0.15, 0.2) is 11.0 Å². The zero-order valence-electron chi connectivity index (χ0n) is 11.2. The van der Waals surface area contributed by atoms with Gasteiger partial charge >= 0.3 is 0 Å². The topological polar surface area (TPSA) is 63.8 Å². The van der Waals surface area contributed by atoms with Crippen LogP contribution in [0.25, 0.3) is 0 Å². The number of benzene rings is 1. The van der Waals surface area contributed by atoms with Crippen LogP contribution < -0.4 is 11.1 Å². The second-order valence-corrected chi connectivity index (χ2v) is 4.75. The average Bonchev–Trinajstić information content (AvgIpc) is 2.43. The van der Waals surface area contributed by atoms with E-state index in [1.54, 1.807) is 18.2 Å². The number of aryl methyl sites for hydroxylation is 1. The van der Waals surface area contributed by atoms with Crippen molar-refractivity contribution in [2.45, 2.75) is 26.3 Å². The maximum absolute atomic E-state index is 13.5. The Hall–Kier alpha value is -1.88. The SMILES string of the molecule is CCCc1nc(Cl)c(N)c(NCc2ccccc2F)n1. The maximum atomic E-state index is 13.5. The summed E-state index contributed by atoms with van der Waals surface area (Å²) in [4.78, 5) is 8.42. The van der Waals surface area contributed by atoms with Gasteiger partial charge in [0, 0.05) is 18.5 Å². The van der Waals surface area contributed by atoms with Gasteiger partial charge in [-0.2, -0.15) is 0 Å². The summed E-state index contributed by atoms with van der Waals surface area (Å²) in [6.45, 7) is 2.32. The Labute approximate surface area is 122 Å². The van der Waals surface area contributed by atoms with Crippen molar-refractivity contribution >= 4 is 23.1 Å². The van der Waals surface area contributed by atoms with Crippen LogP contribution in [0.15, 0.2) is 24.3 Å². The molecular formula is C14H16ClFN4. The average molecular weight is 295 g/mol. The zero-order chi connectivity index (χ0) is 14.5. The van der Waals surface area contributed by atoms with Crippen molar-refractivity contribution in [2.75, 3.05) is 11.1 Å². The molecule has 106 valence electrons.